The molecule has 0 radical (unpaired) electrons. The second-order valence-corrected chi connectivity index (χ2v) is 3.85. The van der Waals surface area contributed by atoms with E-state index in [2.05, 4.69) is 29.3 Å². The van der Waals surface area contributed by atoms with Crippen molar-refractivity contribution in [2.75, 3.05) is 6.54 Å². The normalized spacial score (nSPS) is 18.9. The van der Waals surface area contributed by atoms with E-state index in [4.69, 9.17) is 4.52 Å². The molecule has 13 heavy (non-hydrogen) atoms. The molecule has 0 aromatic carbocycles. The predicted octanol–water partition coefficient (Wildman–Crippen LogP) is 1.23. The van der Waals surface area contributed by atoms with Crippen molar-refractivity contribution in [2.45, 2.75) is 38.6 Å². The van der Waals surface area contributed by atoms with Crippen LogP contribution in [0.4, 0.5) is 0 Å². The Bertz CT molecular complexity index is 291. The molecule has 0 unspecified atom stereocenters. The van der Waals surface area contributed by atoms with Crippen molar-refractivity contribution < 1.29 is 4.52 Å². The summed E-state index contributed by atoms with van der Waals surface area (Å²) in [6, 6.07) is 0. The summed E-state index contributed by atoms with van der Waals surface area (Å²) in [4.78, 5) is 4.34. The van der Waals surface area contributed by atoms with Crippen molar-refractivity contribution in [1.82, 2.24) is 15.5 Å². The molecule has 1 aliphatic rings. The molecule has 1 fully saturated rings. The van der Waals surface area contributed by atoms with Crippen molar-refractivity contribution in [3.63, 3.8) is 0 Å². The Balaban J connectivity index is 2.01. The van der Waals surface area contributed by atoms with Gasteiger partial charge >= 0.3 is 0 Å². The lowest BCUT2D eigenvalue weighted by atomic mass is 10.1. The van der Waals surface area contributed by atoms with Crippen molar-refractivity contribution in [2.24, 2.45) is 0 Å². The predicted molar refractivity (Wildman–Crippen MR) is 48.3 cm³/mol. The summed E-state index contributed by atoms with van der Waals surface area (Å²) in [6.45, 7) is 5.84. The summed E-state index contributed by atoms with van der Waals surface area (Å²) >= 11 is 0. The SMILES string of the molecule is CCNCc1nc(C2(C)CC2)no1. The molecule has 0 aliphatic heterocycles. The minimum atomic E-state index is 0.216. The molecule has 1 aromatic heterocycles. The summed E-state index contributed by atoms with van der Waals surface area (Å²) in [5.74, 6) is 1.57. The number of nitrogens with one attached hydrogen (secondary N) is 1. The zero-order valence-electron chi connectivity index (χ0n) is 8.13. The highest BCUT2D eigenvalue weighted by atomic mass is 16.5. The number of rotatable bonds is 4. The first-order chi connectivity index (χ1) is 6.24. The number of nitrogens with zero attached hydrogens (tertiary/aromatic N) is 2. The van der Waals surface area contributed by atoms with E-state index in [1.54, 1.807) is 0 Å². The van der Waals surface area contributed by atoms with Crippen LogP contribution in [0.2, 0.25) is 0 Å². The topological polar surface area (TPSA) is 51.0 Å². The van der Waals surface area contributed by atoms with Crippen LogP contribution < -0.4 is 5.32 Å². The number of hydrogen-bond acceptors (Lipinski definition) is 4. The van der Waals surface area contributed by atoms with Gasteiger partial charge in [0.25, 0.3) is 0 Å². The molecule has 0 saturated heterocycles. The Kier molecular flexibility index (Phi) is 2.07. The highest BCUT2D eigenvalue weighted by molar-refractivity contribution is 5.14. The lowest BCUT2D eigenvalue weighted by Gasteiger charge is -1.97. The van der Waals surface area contributed by atoms with Gasteiger partial charge in [-0.2, -0.15) is 4.98 Å². The Morgan fingerprint density at radius 3 is 2.92 bits per heavy atom. The standard InChI is InChI=1S/C9H15N3O/c1-3-10-6-7-11-8(12-13-7)9(2)4-5-9/h10H,3-6H2,1-2H3. The Hall–Kier alpha value is -0.900. The molecular weight excluding hydrogens is 166 g/mol. The highest BCUT2D eigenvalue weighted by Crippen LogP contribution is 2.45. The Labute approximate surface area is 77.7 Å². The van der Waals surface area contributed by atoms with E-state index in [0.717, 1.165) is 12.4 Å². The van der Waals surface area contributed by atoms with E-state index in [9.17, 15) is 0 Å². The summed E-state index contributed by atoms with van der Waals surface area (Å²) < 4.78 is 5.11. The maximum Gasteiger partial charge on any atom is 0.240 e. The van der Waals surface area contributed by atoms with Crippen LogP contribution >= 0.6 is 0 Å². The van der Waals surface area contributed by atoms with Crippen molar-refractivity contribution in [1.29, 1.82) is 0 Å². The van der Waals surface area contributed by atoms with Gasteiger partial charge in [-0.15, -0.1) is 0 Å². The van der Waals surface area contributed by atoms with Gasteiger partial charge in [-0.1, -0.05) is 19.0 Å². The number of hydrogen-bond donors (Lipinski definition) is 1. The van der Waals surface area contributed by atoms with Crippen molar-refractivity contribution in [3.05, 3.63) is 11.7 Å². The molecule has 0 atom stereocenters. The van der Waals surface area contributed by atoms with E-state index < -0.39 is 0 Å². The molecule has 2 rings (SSSR count). The van der Waals surface area contributed by atoms with Crippen molar-refractivity contribution >= 4 is 0 Å². The second-order valence-electron chi connectivity index (χ2n) is 3.85. The van der Waals surface area contributed by atoms with Gasteiger partial charge in [-0.3, -0.25) is 0 Å². The van der Waals surface area contributed by atoms with Crippen LogP contribution in [-0.4, -0.2) is 16.7 Å². The first-order valence-electron chi connectivity index (χ1n) is 4.78. The molecule has 0 amide bonds. The molecule has 72 valence electrons. The Morgan fingerprint density at radius 1 is 1.54 bits per heavy atom. The third-order valence-corrected chi connectivity index (χ3v) is 2.53. The van der Waals surface area contributed by atoms with Gasteiger partial charge in [0.15, 0.2) is 5.82 Å². The molecule has 4 nitrogen and oxygen atoms in total. The van der Waals surface area contributed by atoms with Gasteiger partial charge in [-0.05, 0) is 19.4 Å². The van der Waals surface area contributed by atoms with Gasteiger partial charge in [0.2, 0.25) is 5.89 Å². The average Bonchev–Trinajstić information content (AvgIpc) is 2.69. The van der Waals surface area contributed by atoms with Crippen LogP contribution in [0.3, 0.4) is 0 Å². The first kappa shape index (κ1) is 8.69. The van der Waals surface area contributed by atoms with Crippen LogP contribution in [0.15, 0.2) is 4.52 Å². The van der Waals surface area contributed by atoms with Crippen LogP contribution in [-0.2, 0) is 12.0 Å². The average molecular weight is 181 g/mol. The lowest BCUT2D eigenvalue weighted by molar-refractivity contribution is 0.361. The molecule has 1 N–H and O–H groups in total. The maximum absolute atomic E-state index is 5.11. The maximum atomic E-state index is 5.11. The summed E-state index contributed by atoms with van der Waals surface area (Å²) in [6.07, 6.45) is 2.38. The summed E-state index contributed by atoms with van der Waals surface area (Å²) in [7, 11) is 0. The van der Waals surface area contributed by atoms with Gasteiger partial charge in [0, 0.05) is 5.41 Å². The van der Waals surface area contributed by atoms with Crippen LogP contribution in [0.5, 0.6) is 0 Å². The van der Waals surface area contributed by atoms with Crippen LogP contribution in [0.1, 0.15) is 38.4 Å². The van der Waals surface area contributed by atoms with Gasteiger partial charge < -0.3 is 9.84 Å². The van der Waals surface area contributed by atoms with Gasteiger partial charge in [-0.25, -0.2) is 0 Å². The summed E-state index contributed by atoms with van der Waals surface area (Å²) in [5.41, 5.74) is 0.216. The van der Waals surface area contributed by atoms with Crippen LogP contribution in [0, 0.1) is 0 Å². The van der Waals surface area contributed by atoms with Gasteiger partial charge in [0.05, 0.1) is 6.54 Å². The fourth-order valence-electron chi connectivity index (χ4n) is 1.21. The molecule has 4 heteroatoms. The molecule has 1 aromatic rings. The fourth-order valence-corrected chi connectivity index (χ4v) is 1.21. The smallest absolute Gasteiger partial charge is 0.240 e. The lowest BCUT2D eigenvalue weighted by Crippen LogP contribution is -2.12. The largest absolute Gasteiger partial charge is 0.338 e. The Morgan fingerprint density at radius 2 is 2.31 bits per heavy atom. The van der Waals surface area contributed by atoms with Crippen LogP contribution in [0.25, 0.3) is 0 Å². The first-order valence-corrected chi connectivity index (χ1v) is 4.78. The zero-order valence-corrected chi connectivity index (χ0v) is 8.13. The quantitative estimate of drug-likeness (QED) is 0.759. The summed E-state index contributed by atoms with van der Waals surface area (Å²) in [5, 5.41) is 7.13. The van der Waals surface area contributed by atoms with E-state index in [-0.39, 0.29) is 5.41 Å². The second kappa shape index (κ2) is 3.10. The third-order valence-electron chi connectivity index (χ3n) is 2.53. The molecule has 1 saturated carbocycles. The van der Waals surface area contributed by atoms with Crippen molar-refractivity contribution in [3.8, 4) is 0 Å². The van der Waals surface area contributed by atoms with E-state index in [1.165, 1.54) is 12.8 Å². The molecule has 1 aliphatic carbocycles. The fraction of sp³-hybridized carbons (Fsp3) is 0.778. The van der Waals surface area contributed by atoms with E-state index >= 15 is 0 Å². The molecular formula is C9H15N3O. The van der Waals surface area contributed by atoms with E-state index in [1.807, 2.05) is 0 Å². The molecule has 1 heterocycles. The number of aromatic nitrogens is 2. The third kappa shape index (κ3) is 1.72. The monoisotopic (exact) mass is 181 g/mol. The van der Waals surface area contributed by atoms with E-state index in [0.29, 0.717) is 12.4 Å². The highest BCUT2D eigenvalue weighted by Gasteiger charge is 2.43. The minimum Gasteiger partial charge on any atom is -0.338 e. The van der Waals surface area contributed by atoms with Gasteiger partial charge in [0.1, 0.15) is 0 Å². The molecule has 0 spiro atoms. The zero-order chi connectivity index (χ0) is 9.31. The molecule has 0 bridgehead atoms. The minimum absolute atomic E-state index is 0.216.